The van der Waals surface area contributed by atoms with Crippen LogP contribution in [0.2, 0.25) is 5.02 Å². The summed E-state index contributed by atoms with van der Waals surface area (Å²) in [6, 6.07) is 20.1. The van der Waals surface area contributed by atoms with Crippen molar-refractivity contribution in [3.63, 3.8) is 0 Å². The summed E-state index contributed by atoms with van der Waals surface area (Å²) in [6.45, 7) is 0.313. The van der Waals surface area contributed by atoms with Gasteiger partial charge in [-0.1, -0.05) is 53.7 Å². The number of hydrogen-bond donors (Lipinski definition) is 3. The van der Waals surface area contributed by atoms with Gasteiger partial charge in [0.2, 0.25) is 11.1 Å². The third-order valence-corrected chi connectivity index (χ3v) is 6.62. The third-order valence-electron chi connectivity index (χ3n) is 5.31. The van der Waals surface area contributed by atoms with Crippen molar-refractivity contribution in [2.24, 2.45) is 5.10 Å². The Labute approximate surface area is 234 Å². The maximum atomic E-state index is 12.5. The molecular weight excluding hydrogens is 542 g/mol. The van der Waals surface area contributed by atoms with Gasteiger partial charge in [-0.25, -0.2) is 10.1 Å². The predicted octanol–water partition coefficient (Wildman–Crippen LogP) is 4.42. The molecule has 3 aromatic carbocycles. The highest BCUT2D eigenvalue weighted by atomic mass is 35.5. The van der Waals surface area contributed by atoms with Crippen molar-refractivity contribution in [2.75, 3.05) is 36.6 Å². The van der Waals surface area contributed by atoms with Gasteiger partial charge in [0, 0.05) is 22.2 Å². The number of methoxy groups -OCH3 is 2. The lowest BCUT2D eigenvalue weighted by Gasteiger charge is -2.11. The molecule has 0 fully saturated rings. The minimum atomic E-state index is -0.282. The molecule has 0 radical (unpaired) electrons. The number of ether oxygens (including phenoxy) is 3. The largest absolute Gasteiger partial charge is 0.497 e. The van der Waals surface area contributed by atoms with E-state index >= 15 is 0 Å². The highest BCUT2D eigenvalue weighted by molar-refractivity contribution is 7.99. The summed E-state index contributed by atoms with van der Waals surface area (Å²) < 4.78 is 17.6. The first-order chi connectivity index (χ1) is 19.0. The Morgan fingerprint density at radius 2 is 1.87 bits per heavy atom. The summed E-state index contributed by atoms with van der Waals surface area (Å²) >= 11 is 7.34. The fourth-order valence-corrected chi connectivity index (χ4v) is 4.18. The van der Waals surface area contributed by atoms with Gasteiger partial charge in [-0.2, -0.15) is 5.10 Å². The fourth-order valence-electron chi connectivity index (χ4n) is 3.33. The summed E-state index contributed by atoms with van der Waals surface area (Å²) in [7, 11) is 3.06. The van der Waals surface area contributed by atoms with Crippen molar-refractivity contribution in [2.45, 2.75) is 11.8 Å². The van der Waals surface area contributed by atoms with E-state index in [2.05, 4.69) is 26.0 Å². The Bertz CT molecular complexity index is 1460. The van der Waals surface area contributed by atoms with Gasteiger partial charge in [0.15, 0.2) is 0 Å². The van der Waals surface area contributed by atoms with Gasteiger partial charge >= 0.3 is 0 Å². The molecule has 1 amide bonds. The molecule has 202 valence electrons. The average Bonchev–Trinajstić information content (AvgIpc) is 3.30. The number of carbonyl (C=O) groups excluding carboxylic acids is 1. The Balaban J connectivity index is 1.33. The second-order valence-corrected chi connectivity index (χ2v) is 9.22. The topological polar surface area (TPSA) is 138 Å². The monoisotopic (exact) mass is 567 g/mol. The number of hydrogen-bond acceptors (Lipinski definition) is 10. The van der Waals surface area contributed by atoms with Crippen molar-refractivity contribution < 1.29 is 19.0 Å². The van der Waals surface area contributed by atoms with Crippen LogP contribution < -0.4 is 30.8 Å². The molecule has 13 heteroatoms. The molecule has 1 heterocycles. The maximum Gasteiger partial charge on any atom is 0.264 e. The first kappa shape index (κ1) is 27.6. The standard InChI is InChI=1S/C26H26ClN7O4S/c1-36-19-11-12-23(37-2)21(13-19)30-24(35)16-39-26-33-32-25(34(26)28)31-29-14-17-7-4-6-10-22(17)38-15-18-8-3-5-9-20(18)27/h3-14H,15-16,28H2,1-2H3,(H,30,35)(H,31,32)/b29-14+. The smallest absolute Gasteiger partial charge is 0.264 e. The number of amides is 1. The molecule has 1 aromatic heterocycles. The number of aromatic nitrogens is 3. The van der Waals surface area contributed by atoms with Crippen molar-refractivity contribution in [3.05, 3.63) is 82.9 Å². The van der Waals surface area contributed by atoms with Crippen molar-refractivity contribution in [1.82, 2.24) is 14.9 Å². The van der Waals surface area contributed by atoms with E-state index in [1.54, 1.807) is 31.5 Å². The van der Waals surface area contributed by atoms with Crippen molar-refractivity contribution in [3.8, 4) is 17.2 Å². The first-order valence-electron chi connectivity index (χ1n) is 11.6. The average molecular weight is 568 g/mol. The van der Waals surface area contributed by atoms with Gasteiger partial charge in [-0.05, 0) is 30.3 Å². The van der Waals surface area contributed by atoms with Crippen LogP contribution in [-0.2, 0) is 11.4 Å². The molecule has 0 unspecified atom stereocenters. The summed E-state index contributed by atoms with van der Waals surface area (Å²) in [5.41, 5.74) is 4.86. The van der Waals surface area contributed by atoms with Crippen LogP contribution in [0, 0.1) is 0 Å². The van der Waals surface area contributed by atoms with Gasteiger partial charge in [-0.3, -0.25) is 4.79 Å². The molecule has 0 aliphatic heterocycles. The molecule has 39 heavy (non-hydrogen) atoms. The van der Waals surface area contributed by atoms with Crippen LogP contribution in [0.4, 0.5) is 11.6 Å². The Morgan fingerprint density at radius 1 is 1.08 bits per heavy atom. The minimum absolute atomic E-state index is 0.0368. The van der Waals surface area contributed by atoms with E-state index in [-0.39, 0.29) is 17.6 Å². The van der Waals surface area contributed by atoms with E-state index in [4.69, 9.17) is 31.7 Å². The minimum Gasteiger partial charge on any atom is -0.497 e. The van der Waals surface area contributed by atoms with E-state index in [9.17, 15) is 4.79 Å². The number of nitrogen functional groups attached to an aromatic ring is 1. The number of nitrogens with one attached hydrogen (secondary N) is 2. The zero-order valence-electron chi connectivity index (χ0n) is 21.1. The van der Waals surface area contributed by atoms with E-state index < -0.39 is 0 Å². The Hall–Kier alpha value is -4.42. The third kappa shape index (κ3) is 7.33. The second-order valence-electron chi connectivity index (χ2n) is 7.87. The van der Waals surface area contributed by atoms with Crippen molar-refractivity contribution >= 4 is 47.1 Å². The zero-order valence-corrected chi connectivity index (χ0v) is 22.7. The molecule has 4 rings (SSSR count). The number of benzene rings is 3. The molecule has 11 nitrogen and oxygen atoms in total. The number of nitrogens with zero attached hydrogens (tertiary/aromatic N) is 4. The molecule has 4 N–H and O–H groups in total. The zero-order chi connectivity index (χ0) is 27.6. The lowest BCUT2D eigenvalue weighted by atomic mass is 10.2. The van der Waals surface area contributed by atoms with Crippen LogP contribution >= 0.6 is 23.4 Å². The van der Waals surface area contributed by atoms with Crippen LogP contribution in [0.3, 0.4) is 0 Å². The fraction of sp³-hybridized carbons (Fsp3) is 0.154. The number of carbonyl (C=O) groups is 1. The van der Waals surface area contributed by atoms with Crippen LogP contribution in [-0.4, -0.2) is 47.0 Å². The molecule has 0 bridgehead atoms. The molecule has 4 aromatic rings. The highest BCUT2D eigenvalue weighted by Gasteiger charge is 2.14. The van der Waals surface area contributed by atoms with E-state index in [0.717, 1.165) is 22.9 Å². The van der Waals surface area contributed by atoms with E-state index in [0.29, 0.717) is 39.7 Å². The van der Waals surface area contributed by atoms with Gasteiger partial charge in [0.05, 0.1) is 31.9 Å². The lowest BCUT2D eigenvalue weighted by molar-refractivity contribution is -0.113. The molecule has 0 aliphatic rings. The quantitative estimate of drug-likeness (QED) is 0.0982. The normalized spacial score (nSPS) is 10.8. The highest BCUT2D eigenvalue weighted by Crippen LogP contribution is 2.29. The number of para-hydroxylation sites is 1. The number of nitrogens with two attached hydrogens (primary N) is 1. The Morgan fingerprint density at radius 3 is 2.67 bits per heavy atom. The molecule has 0 saturated carbocycles. The number of anilines is 2. The van der Waals surface area contributed by atoms with Gasteiger partial charge in [0.1, 0.15) is 23.9 Å². The van der Waals surface area contributed by atoms with Crippen LogP contribution in [0.25, 0.3) is 0 Å². The van der Waals surface area contributed by atoms with Crippen LogP contribution in [0.1, 0.15) is 11.1 Å². The van der Waals surface area contributed by atoms with Crippen LogP contribution in [0.15, 0.2) is 77.0 Å². The summed E-state index contributed by atoms with van der Waals surface area (Å²) in [6.07, 6.45) is 1.58. The number of rotatable bonds is 12. The molecule has 0 spiro atoms. The van der Waals surface area contributed by atoms with Gasteiger partial charge in [-0.15, -0.1) is 10.2 Å². The summed E-state index contributed by atoms with van der Waals surface area (Å²) in [4.78, 5) is 12.5. The van der Waals surface area contributed by atoms with Crippen LogP contribution in [0.5, 0.6) is 17.2 Å². The molecular formula is C26H26ClN7O4S. The molecule has 0 saturated heterocycles. The molecule has 0 aliphatic carbocycles. The van der Waals surface area contributed by atoms with Gasteiger partial charge in [0.25, 0.3) is 5.95 Å². The Kier molecular flexibility index (Phi) is 9.48. The number of thioether (sulfide) groups is 1. The lowest BCUT2D eigenvalue weighted by Crippen LogP contribution is -2.17. The van der Waals surface area contributed by atoms with E-state index in [1.807, 2.05) is 48.5 Å². The van der Waals surface area contributed by atoms with E-state index in [1.165, 1.54) is 11.8 Å². The predicted molar refractivity (Wildman–Crippen MR) is 153 cm³/mol. The van der Waals surface area contributed by atoms with Gasteiger partial charge < -0.3 is 25.4 Å². The van der Waals surface area contributed by atoms with Crippen molar-refractivity contribution in [1.29, 1.82) is 0 Å². The maximum absolute atomic E-state index is 12.5. The second kappa shape index (κ2) is 13.4. The first-order valence-corrected chi connectivity index (χ1v) is 12.9. The summed E-state index contributed by atoms with van der Waals surface area (Å²) in [5.74, 6) is 7.77. The summed E-state index contributed by atoms with van der Waals surface area (Å²) in [5, 5.41) is 16.0. The SMILES string of the molecule is COc1ccc(OC)c(NC(=O)CSc2nnc(N/N=C/c3ccccc3OCc3ccccc3Cl)n2N)c1. The molecule has 0 atom stereocenters. The number of hydrazone groups is 1. The number of halogens is 1.